The second kappa shape index (κ2) is 7.03. The van der Waals surface area contributed by atoms with Gasteiger partial charge in [0.1, 0.15) is 0 Å². The van der Waals surface area contributed by atoms with Gasteiger partial charge in [-0.2, -0.15) is 0 Å². The van der Waals surface area contributed by atoms with Crippen LogP contribution in [0.3, 0.4) is 0 Å². The molecule has 0 aromatic carbocycles. The summed E-state index contributed by atoms with van der Waals surface area (Å²) in [5.74, 6) is 0. The number of rotatable bonds is 6. The van der Waals surface area contributed by atoms with Gasteiger partial charge in [-0.3, -0.25) is 0 Å². The standard InChI is InChI=1S/C8H20N2/c1-3-7-10-8(2)5-4-6-9/h8,10H,3-7,9H2,1-2H3. The minimum absolute atomic E-state index is 0.642. The van der Waals surface area contributed by atoms with Crippen LogP contribution in [0, 0.1) is 0 Å². The van der Waals surface area contributed by atoms with Crippen LogP contribution < -0.4 is 11.1 Å². The van der Waals surface area contributed by atoms with E-state index in [0.717, 1.165) is 19.5 Å². The van der Waals surface area contributed by atoms with E-state index in [9.17, 15) is 0 Å². The fraction of sp³-hybridized carbons (Fsp3) is 1.00. The molecule has 0 spiro atoms. The summed E-state index contributed by atoms with van der Waals surface area (Å²) in [5, 5.41) is 3.41. The highest BCUT2D eigenvalue weighted by Crippen LogP contribution is 1.93. The van der Waals surface area contributed by atoms with Crippen LogP contribution >= 0.6 is 0 Å². The Kier molecular flexibility index (Phi) is 6.98. The van der Waals surface area contributed by atoms with Gasteiger partial charge in [0.2, 0.25) is 0 Å². The number of nitrogens with two attached hydrogens (primary N) is 1. The van der Waals surface area contributed by atoms with Crippen molar-refractivity contribution in [1.29, 1.82) is 0 Å². The lowest BCUT2D eigenvalue weighted by molar-refractivity contribution is 0.501. The zero-order valence-corrected chi connectivity index (χ0v) is 7.19. The maximum Gasteiger partial charge on any atom is 0.00391 e. The maximum absolute atomic E-state index is 5.38. The average Bonchev–Trinajstić information content (AvgIpc) is 1.97. The van der Waals surface area contributed by atoms with Crippen LogP contribution in [0.2, 0.25) is 0 Å². The molecule has 10 heavy (non-hydrogen) atoms. The van der Waals surface area contributed by atoms with E-state index in [2.05, 4.69) is 19.2 Å². The van der Waals surface area contributed by atoms with E-state index in [4.69, 9.17) is 5.73 Å². The van der Waals surface area contributed by atoms with E-state index in [1.54, 1.807) is 0 Å². The molecule has 0 aliphatic carbocycles. The molecule has 62 valence electrons. The summed E-state index contributed by atoms with van der Waals surface area (Å²) in [5.41, 5.74) is 5.38. The van der Waals surface area contributed by atoms with Gasteiger partial charge in [0, 0.05) is 6.04 Å². The fourth-order valence-corrected chi connectivity index (χ4v) is 0.917. The highest BCUT2D eigenvalue weighted by atomic mass is 14.9. The monoisotopic (exact) mass is 144 g/mol. The molecule has 0 amide bonds. The van der Waals surface area contributed by atoms with Crippen molar-refractivity contribution in [3.05, 3.63) is 0 Å². The molecule has 3 N–H and O–H groups in total. The summed E-state index contributed by atoms with van der Waals surface area (Å²) < 4.78 is 0. The van der Waals surface area contributed by atoms with E-state index in [1.807, 2.05) is 0 Å². The largest absolute Gasteiger partial charge is 0.330 e. The van der Waals surface area contributed by atoms with Crippen molar-refractivity contribution in [2.45, 2.75) is 39.2 Å². The highest BCUT2D eigenvalue weighted by molar-refractivity contribution is 4.59. The summed E-state index contributed by atoms with van der Waals surface area (Å²) in [6, 6.07) is 0.642. The summed E-state index contributed by atoms with van der Waals surface area (Å²) in [6.45, 7) is 6.35. The van der Waals surface area contributed by atoms with Gasteiger partial charge in [-0.25, -0.2) is 0 Å². The first-order valence-corrected chi connectivity index (χ1v) is 4.24. The summed E-state index contributed by atoms with van der Waals surface area (Å²) in [6.07, 6.45) is 3.56. The molecule has 0 aromatic rings. The van der Waals surface area contributed by atoms with Gasteiger partial charge in [0.15, 0.2) is 0 Å². The Morgan fingerprint density at radius 2 is 2.20 bits per heavy atom. The lowest BCUT2D eigenvalue weighted by Gasteiger charge is -2.11. The molecule has 2 nitrogen and oxygen atoms in total. The first-order chi connectivity index (χ1) is 4.81. The van der Waals surface area contributed by atoms with Crippen LogP contribution in [0.25, 0.3) is 0 Å². The van der Waals surface area contributed by atoms with Gasteiger partial charge >= 0.3 is 0 Å². The molecule has 0 radical (unpaired) electrons. The van der Waals surface area contributed by atoms with Crippen LogP contribution in [0.15, 0.2) is 0 Å². The lowest BCUT2D eigenvalue weighted by atomic mass is 10.2. The topological polar surface area (TPSA) is 38.0 Å². The van der Waals surface area contributed by atoms with Crippen LogP contribution in [0.5, 0.6) is 0 Å². The third kappa shape index (κ3) is 6.05. The fourth-order valence-electron chi connectivity index (χ4n) is 0.917. The molecule has 0 fully saturated rings. The average molecular weight is 144 g/mol. The molecular formula is C8H20N2. The molecule has 0 aliphatic rings. The smallest absolute Gasteiger partial charge is 0.00391 e. The predicted octanol–water partition coefficient (Wildman–Crippen LogP) is 1.11. The Labute approximate surface area is 64.2 Å². The van der Waals surface area contributed by atoms with E-state index in [-0.39, 0.29) is 0 Å². The summed E-state index contributed by atoms with van der Waals surface area (Å²) >= 11 is 0. The molecule has 1 unspecified atom stereocenters. The van der Waals surface area contributed by atoms with Gasteiger partial charge in [0.05, 0.1) is 0 Å². The van der Waals surface area contributed by atoms with Gasteiger partial charge in [-0.1, -0.05) is 6.92 Å². The Balaban J connectivity index is 3.00. The minimum atomic E-state index is 0.642. The van der Waals surface area contributed by atoms with E-state index >= 15 is 0 Å². The van der Waals surface area contributed by atoms with Crippen molar-refractivity contribution >= 4 is 0 Å². The number of hydrogen-bond acceptors (Lipinski definition) is 2. The molecule has 0 saturated heterocycles. The first-order valence-electron chi connectivity index (χ1n) is 4.24. The third-order valence-corrected chi connectivity index (χ3v) is 1.58. The zero-order chi connectivity index (χ0) is 7.82. The van der Waals surface area contributed by atoms with E-state index < -0.39 is 0 Å². The summed E-state index contributed by atoms with van der Waals surface area (Å²) in [7, 11) is 0. The summed E-state index contributed by atoms with van der Waals surface area (Å²) in [4.78, 5) is 0. The molecule has 2 heteroatoms. The van der Waals surface area contributed by atoms with Gasteiger partial charge in [0.25, 0.3) is 0 Å². The van der Waals surface area contributed by atoms with Gasteiger partial charge < -0.3 is 11.1 Å². The van der Waals surface area contributed by atoms with Crippen molar-refractivity contribution in [1.82, 2.24) is 5.32 Å². The van der Waals surface area contributed by atoms with Crippen molar-refractivity contribution < 1.29 is 0 Å². The Bertz CT molecular complexity index is 56.3. The normalized spacial score (nSPS) is 13.5. The highest BCUT2D eigenvalue weighted by Gasteiger charge is 1.97. The first kappa shape index (κ1) is 9.92. The van der Waals surface area contributed by atoms with Crippen molar-refractivity contribution in [3.8, 4) is 0 Å². The lowest BCUT2D eigenvalue weighted by Crippen LogP contribution is -2.27. The molecule has 0 bridgehead atoms. The molecule has 0 aliphatic heterocycles. The molecule has 0 aromatic heterocycles. The predicted molar refractivity (Wildman–Crippen MR) is 46.0 cm³/mol. The second-order valence-electron chi connectivity index (χ2n) is 2.79. The second-order valence-corrected chi connectivity index (χ2v) is 2.79. The van der Waals surface area contributed by atoms with E-state index in [0.29, 0.717) is 6.04 Å². The third-order valence-electron chi connectivity index (χ3n) is 1.58. The minimum Gasteiger partial charge on any atom is -0.330 e. The Morgan fingerprint density at radius 1 is 1.50 bits per heavy atom. The van der Waals surface area contributed by atoms with Gasteiger partial charge in [-0.05, 0) is 39.3 Å². The quantitative estimate of drug-likeness (QED) is 0.586. The van der Waals surface area contributed by atoms with Crippen LogP contribution in [-0.2, 0) is 0 Å². The van der Waals surface area contributed by atoms with Gasteiger partial charge in [-0.15, -0.1) is 0 Å². The van der Waals surface area contributed by atoms with Crippen LogP contribution in [0.4, 0.5) is 0 Å². The SMILES string of the molecule is CCCNC(C)CCCN. The van der Waals surface area contributed by atoms with Crippen molar-refractivity contribution in [3.63, 3.8) is 0 Å². The molecular weight excluding hydrogens is 124 g/mol. The molecule has 0 rings (SSSR count). The number of nitrogens with one attached hydrogen (secondary N) is 1. The molecule has 1 atom stereocenters. The van der Waals surface area contributed by atoms with Crippen LogP contribution in [-0.4, -0.2) is 19.1 Å². The van der Waals surface area contributed by atoms with E-state index in [1.165, 1.54) is 12.8 Å². The number of hydrogen-bond donors (Lipinski definition) is 2. The van der Waals surface area contributed by atoms with Crippen LogP contribution in [0.1, 0.15) is 33.1 Å². The van der Waals surface area contributed by atoms with Crippen molar-refractivity contribution in [2.24, 2.45) is 5.73 Å². The Morgan fingerprint density at radius 3 is 2.70 bits per heavy atom. The Hall–Kier alpha value is -0.0800. The maximum atomic E-state index is 5.38. The molecule has 0 saturated carbocycles. The zero-order valence-electron chi connectivity index (χ0n) is 7.19. The molecule has 0 heterocycles. The van der Waals surface area contributed by atoms with Crippen molar-refractivity contribution in [2.75, 3.05) is 13.1 Å².